The Hall–Kier alpha value is -2.06. The number of alkyl halides is 3. The van der Waals surface area contributed by atoms with Gasteiger partial charge in [-0.2, -0.15) is 0 Å². The van der Waals surface area contributed by atoms with Crippen molar-refractivity contribution in [1.29, 1.82) is 0 Å². The summed E-state index contributed by atoms with van der Waals surface area (Å²) < 4.78 is 68.5. The Labute approximate surface area is 150 Å². The third-order valence-electron chi connectivity index (χ3n) is 4.41. The van der Waals surface area contributed by atoms with Gasteiger partial charge in [0.05, 0.1) is 10.9 Å². The van der Waals surface area contributed by atoms with E-state index in [0.29, 0.717) is 5.92 Å². The second-order valence-electron chi connectivity index (χ2n) is 6.41. The maximum Gasteiger partial charge on any atom is 0.573 e. The Bertz CT molecular complexity index is 852. The fourth-order valence-corrected chi connectivity index (χ4v) is 4.21. The average molecular weight is 385 g/mol. The van der Waals surface area contributed by atoms with E-state index >= 15 is 0 Å². The fourth-order valence-electron chi connectivity index (χ4n) is 2.93. The lowest BCUT2D eigenvalue weighted by atomic mass is 10.0. The van der Waals surface area contributed by atoms with Crippen molar-refractivity contribution in [2.75, 3.05) is 0 Å². The van der Waals surface area contributed by atoms with Crippen LogP contribution >= 0.6 is 0 Å². The largest absolute Gasteiger partial charge is 0.573 e. The highest BCUT2D eigenvalue weighted by Gasteiger charge is 2.42. The normalized spacial score (nSPS) is 21.2. The zero-order valence-corrected chi connectivity index (χ0v) is 14.7. The number of ether oxygens (including phenoxy) is 1. The molecule has 140 valence electrons. The smallest absolute Gasteiger partial charge is 0.406 e. The second kappa shape index (κ2) is 6.92. The first-order valence-electron chi connectivity index (χ1n) is 8.09. The van der Waals surface area contributed by atoms with E-state index in [2.05, 4.69) is 16.4 Å². The van der Waals surface area contributed by atoms with Gasteiger partial charge in [0.25, 0.3) is 0 Å². The molecule has 1 fully saturated rings. The molecule has 0 aliphatic heterocycles. The third kappa shape index (κ3) is 4.56. The first kappa shape index (κ1) is 18.7. The van der Waals surface area contributed by atoms with Crippen LogP contribution in [0.1, 0.15) is 24.9 Å². The number of benzene rings is 2. The molecular formula is C18H18F3NO3S. The van der Waals surface area contributed by atoms with E-state index in [-0.39, 0.29) is 16.9 Å². The van der Waals surface area contributed by atoms with Crippen LogP contribution in [0, 0.1) is 11.8 Å². The van der Waals surface area contributed by atoms with Gasteiger partial charge in [0, 0.05) is 0 Å². The van der Waals surface area contributed by atoms with Crippen LogP contribution in [-0.4, -0.2) is 14.8 Å². The second-order valence-corrected chi connectivity index (χ2v) is 8.12. The summed E-state index contributed by atoms with van der Waals surface area (Å²) in [5, 5.41) is 0. The number of halogens is 3. The van der Waals surface area contributed by atoms with Crippen molar-refractivity contribution in [2.24, 2.45) is 11.8 Å². The summed E-state index contributed by atoms with van der Waals surface area (Å²) in [5.74, 6) is 0.136. The molecule has 2 aromatic rings. The Balaban J connectivity index is 1.80. The maximum absolute atomic E-state index is 12.7. The molecule has 0 unspecified atom stereocenters. The van der Waals surface area contributed by atoms with Gasteiger partial charge in [0.1, 0.15) is 5.75 Å². The molecule has 1 aliphatic rings. The molecule has 0 spiro atoms. The lowest BCUT2D eigenvalue weighted by molar-refractivity contribution is -0.274. The van der Waals surface area contributed by atoms with Gasteiger partial charge in [-0.25, -0.2) is 13.1 Å². The van der Waals surface area contributed by atoms with E-state index in [4.69, 9.17) is 0 Å². The fraction of sp³-hybridized carbons (Fsp3) is 0.333. The molecule has 0 amide bonds. The van der Waals surface area contributed by atoms with Gasteiger partial charge >= 0.3 is 6.36 Å². The summed E-state index contributed by atoms with van der Waals surface area (Å²) in [5.41, 5.74) is 0.863. The lowest BCUT2D eigenvalue weighted by Crippen LogP contribution is -2.30. The number of nitrogens with one attached hydrogen (secondary N) is 1. The maximum atomic E-state index is 12.7. The van der Waals surface area contributed by atoms with Gasteiger partial charge in [-0.3, -0.25) is 0 Å². The van der Waals surface area contributed by atoms with Crippen molar-refractivity contribution >= 4 is 10.0 Å². The van der Waals surface area contributed by atoms with E-state index in [9.17, 15) is 21.6 Å². The van der Waals surface area contributed by atoms with Gasteiger partial charge in [0.2, 0.25) is 10.0 Å². The summed E-state index contributed by atoms with van der Waals surface area (Å²) in [6.07, 6.45) is -3.90. The zero-order chi connectivity index (χ0) is 18.9. The predicted molar refractivity (Wildman–Crippen MR) is 89.9 cm³/mol. The first-order chi connectivity index (χ1) is 12.2. The van der Waals surface area contributed by atoms with Crippen molar-refractivity contribution < 1.29 is 26.3 Å². The molecule has 4 nitrogen and oxygen atoms in total. The van der Waals surface area contributed by atoms with Crippen LogP contribution in [0.25, 0.3) is 0 Å². The minimum absolute atomic E-state index is 0.110. The van der Waals surface area contributed by atoms with Crippen LogP contribution < -0.4 is 9.46 Å². The molecule has 0 radical (unpaired) electrons. The Kier molecular flexibility index (Phi) is 4.98. The molecule has 8 heteroatoms. The SMILES string of the molecule is C[C@@H]1C[C@@H]1[C@H](NS(=O)(=O)c1ccc(OC(F)(F)F)cc1)c1ccccc1. The van der Waals surface area contributed by atoms with Crippen molar-refractivity contribution in [3.8, 4) is 5.75 Å². The topological polar surface area (TPSA) is 55.4 Å². The molecule has 26 heavy (non-hydrogen) atoms. The summed E-state index contributed by atoms with van der Waals surface area (Å²) in [6, 6.07) is 13.0. The summed E-state index contributed by atoms with van der Waals surface area (Å²) >= 11 is 0. The van der Waals surface area contributed by atoms with Crippen LogP contribution in [0.15, 0.2) is 59.5 Å². The molecular weight excluding hydrogens is 367 g/mol. The van der Waals surface area contributed by atoms with Gasteiger partial charge in [-0.05, 0) is 48.1 Å². The van der Waals surface area contributed by atoms with Crippen LogP contribution in [0.4, 0.5) is 13.2 Å². The van der Waals surface area contributed by atoms with Crippen molar-refractivity contribution in [3.05, 3.63) is 60.2 Å². The number of hydrogen-bond donors (Lipinski definition) is 1. The van der Waals surface area contributed by atoms with Gasteiger partial charge in [0.15, 0.2) is 0 Å². The molecule has 3 atom stereocenters. The highest BCUT2D eigenvalue weighted by Crippen LogP contribution is 2.47. The summed E-state index contributed by atoms with van der Waals surface area (Å²) in [4.78, 5) is -0.110. The van der Waals surface area contributed by atoms with Crippen molar-refractivity contribution in [3.63, 3.8) is 0 Å². The monoisotopic (exact) mass is 385 g/mol. The van der Waals surface area contributed by atoms with Crippen molar-refractivity contribution in [2.45, 2.75) is 30.6 Å². The van der Waals surface area contributed by atoms with E-state index in [1.165, 1.54) is 0 Å². The van der Waals surface area contributed by atoms with Gasteiger partial charge < -0.3 is 4.74 Å². The lowest BCUT2D eigenvalue weighted by Gasteiger charge is -2.19. The van der Waals surface area contributed by atoms with E-state index in [0.717, 1.165) is 36.2 Å². The minimum atomic E-state index is -4.82. The zero-order valence-electron chi connectivity index (χ0n) is 13.9. The van der Waals surface area contributed by atoms with Crippen LogP contribution in [-0.2, 0) is 10.0 Å². The standard InChI is InChI=1S/C18H18F3NO3S/c1-12-11-16(12)17(13-5-3-2-4-6-13)22-26(23,24)15-9-7-14(8-10-15)25-18(19,20)21/h2-10,12,16-17,22H,11H2,1H3/t12-,16+,17-/m1/s1. The predicted octanol–water partition coefficient (Wildman–Crippen LogP) is 4.26. The molecule has 0 aromatic heterocycles. The first-order valence-corrected chi connectivity index (χ1v) is 9.57. The molecule has 1 aliphatic carbocycles. The number of hydrogen-bond acceptors (Lipinski definition) is 3. The molecule has 2 aromatic carbocycles. The van der Waals surface area contributed by atoms with Crippen LogP contribution in [0.2, 0.25) is 0 Å². The van der Waals surface area contributed by atoms with Gasteiger partial charge in [-0.1, -0.05) is 37.3 Å². The summed E-state index contributed by atoms with van der Waals surface area (Å²) in [7, 11) is -3.88. The molecule has 0 heterocycles. The van der Waals surface area contributed by atoms with Gasteiger partial charge in [-0.15, -0.1) is 13.2 Å². The average Bonchev–Trinajstić information content (AvgIpc) is 3.29. The quantitative estimate of drug-likeness (QED) is 0.808. The molecule has 3 rings (SSSR count). The van der Waals surface area contributed by atoms with Crippen molar-refractivity contribution in [1.82, 2.24) is 4.72 Å². The highest BCUT2D eigenvalue weighted by atomic mass is 32.2. The third-order valence-corrected chi connectivity index (χ3v) is 5.87. The van der Waals surface area contributed by atoms with E-state index in [1.54, 1.807) is 0 Å². The number of sulfonamides is 1. The Morgan fingerprint density at radius 1 is 1.08 bits per heavy atom. The van der Waals surface area contributed by atoms with Crippen LogP contribution in [0.3, 0.4) is 0 Å². The number of rotatable bonds is 6. The molecule has 0 bridgehead atoms. The Morgan fingerprint density at radius 3 is 2.15 bits per heavy atom. The van der Waals surface area contributed by atoms with E-state index < -0.39 is 22.1 Å². The Morgan fingerprint density at radius 2 is 1.65 bits per heavy atom. The van der Waals surface area contributed by atoms with Crippen LogP contribution in [0.5, 0.6) is 5.75 Å². The minimum Gasteiger partial charge on any atom is -0.406 e. The molecule has 1 saturated carbocycles. The highest BCUT2D eigenvalue weighted by molar-refractivity contribution is 7.89. The summed E-state index contributed by atoms with van der Waals surface area (Å²) in [6.45, 7) is 2.05. The molecule has 0 saturated heterocycles. The molecule has 1 N–H and O–H groups in total. The van der Waals surface area contributed by atoms with E-state index in [1.807, 2.05) is 30.3 Å².